The first kappa shape index (κ1) is 17.8. The molecule has 0 spiro atoms. The Morgan fingerprint density at radius 1 is 1.00 bits per heavy atom. The zero-order valence-corrected chi connectivity index (χ0v) is 16.0. The normalized spacial score (nSPS) is 18.4. The first-order valence-electron chi connectivity index (χ1n) is 9.18. The number of phenolic OH excluding ortho intramolecular Hbond substituents is 1. The summed E-state index contributed by atoms with van der Waals surface area (Å²) in [6.45, 7) is 0.295. The van der Waals surface area contributed by atoms with Crippen molar-refractivity contribution in [2.45, 2.75) is 12.1 Å². The minimum atomic E-state index is -2.04. The van der Waals surface area contributed by atoms with Gasteiger partial charge in [-0.25, -0.2) is 0 Å². The number of carbonyl (C=O) groups excluding carboxylic acids is 1. The molecule has 0 bridgehead atoms. The van der Waals surface area contributed by atoms with Crippen LogP contribution in [0.25, 0.3) is 10.9 Å². The predicted molar refractivity (Wildman–Crippen MR) is 112 cm³/mol. The SMILES string of the molecule is O=C1N(Cc2ccccc2)c2ccc(Cl)cc2[C@@]1(O)c1ccc2[nH]ccc2c1O. The number of H-pyrrole nitrogens is 1. The van der Waals surface area contributed by atoms with Crippen LogP contribution < -0.4 is 4.90 Å². The van der Waals surface area contributed by atoms with Gasteiger partial charge in [0.05, 0.1) is 12.2 Å². The second kappa shape index (κ2) is 6.37. The van der Waals surface area contributed by atoms with E-state index in [0.29, 0.717) is 33.7 Å². The minimum Gasteiger partial charge on any atom is -0.507 e. The summed E-state index contributed by atoms with van der Waals surface area (Å²) in [5.41, 5.74) is 0.665. The van der Waals surface area contributed by atoms with E-state index < -0.39 is 11.5 Å². The third kappa shape index (κ3) is 2.55. The molecule has 4 aromatic rings. The smallest absolute Gasteiger partial charge is 0.268 e. The van der Waals surface area contributed by atoms with Crippen LogP contribution in [0.15, 0.2) is 72.9 Å². The maximum Gasteiger partial charge on any atom is 0.268 e. The number of rotatable bonds is 3. The van der Waals surface area contributed by atoms with E-state index >= 15 is 0 Å². The summed E-state index contributed by atoms with van der Waals surface area (Å²) in [5.74, 6) is -0.657. The lowest BCUT2D eigenvalue weighted by Gasteiger charge is -2.25. The average molecular weight is 405 g/mol. The quantitative estimate of drug-likeness (QED) is 0.476. The fourth-order valence-electron chi connectivity index (χ4n) is 4.05. The minimum absolute atomic E-state index is 0.132. The number of anilines is 1. The Bertz CT molecular complexity index is 1250. The van der Waals surface area contributed by atoms with E-state index in [1.807, 2.05) is 30.3 Å². The highest BCUT2D eigenvalue weighted by Gasteiger charge is 2.52. The summed E-state index contributed by atoms with van der Waals surface area (Å²) in [6.07, 6.45) is 1.70. The van der Waals surface area contributed by atoms with E-state index in [-0.39, 0.29) is 11.3 Å². The molecular weight excluding hydrogens is 388 g/mol. The van der Waals surface area contributed by atoms with E-state index in [1.165, 1.54) is 4.90 Å². The highest BCUT2D eigenvalue weighted by Crippen LogP contribution is 2.49. The van der Waals surface area contributed by atoms with E-state index in [9.17, 15) is 15.0 Å². The Kier molecular flexibility index (Phi) is 3.91. The molecule has 2 heterocycles. The number of fused-ring (bicyclic) bond motifs is 2. The van der Waals surface area contributed by atoms with Crippen LogP contribution in [-0.4, -0.2) is 21.1 Å². The van der Waals surface area contributed by atoms with Crippen LogP contribution >= 0.6 is 11.6 Å². The predicted octanol–water partition coefficient (Wildman–Crippen LogP) is 4.31. The first-order valence-corrected chi connectivity index (χ1v) is 9.56. The number of phenols is 1. The fraction of sp³-hybridized carbons (Fsp3) is 0.0870. The Morgan fingerprint density at radius 2 is 1.79 bits per heavy atom. The lowest BCUT2D eigenvalue weighted by atomic mass is 9.86. The van der Waals surface area contributed by atoms with Crippen molar-refractivity contribution in [3.63, 3.8) is 0 Å². The second-order valence-corrected chi connectivity index (χ2v) is 7.59. The zero-order valence-electron chi connectivity index (χ0n) is 15.3. The molecule has 29 heavy (non-hydrogen) atoms. The summed E-state index contributed by atoms with van der Waals surface area (Å²) in [4.78, 5) is 18.1. The molecule has 1 atom stereocenters. The van der Waals surface area contributed by atoms with Crippen molar-refractivity contribution in [3.05, 3.63) is 94.6 Å². The average Bonchev–Trinajstić information content (AvgIpc) is 3.28. The second-order valence-electron chi connectivity index (χ2n) is 7.15. The maximum atomic E-state index is 13.5. The van der Waals surface area contributed by atoms with Crippen molar-refractivity contribution in [2.75, 3.05) is 4.90 Å². The topological polar surface area (TPSA) is 76.6 Å². The van der Waals surface area contributed by atoms with Gasteiger partial charge in [-0.2, -0.15) is 0 Å². The number of amides is 1. The van der Waals surface area contributed by atoms with Crippen molar-refractivity contribution in [1.29, 1.82) is 0 Å². The van der Waals surface area contributed by atoms with Gasteiger partial charge in [0.1, 0.15) is 5.75 Å². The van der Waals surface area contributed by atoms with Crippen LogP contribution in [0.5, 0.6) is 5.75 Å². The van der Waals surface area contributed by atoms with Gasteiger partial charge in [0.15, 0.2) is 5.60 Å². The van der Waals surface area contributed by atoms with Gasteiger partial charge in [-0.05, 0) is 42.0 Å². The van der Waals surface area contributed by atoms with Crippen LogP contribution in [0.2, 0.25) is 5.02 Å². The van der Waals surface area contributed by atoms with Crippen molar-refractivity contribution in [2.24, 2.45) is 0 Å². The van der Waals surface area contributed by atoms with Gasteiger partial charge in [-0.1, -0.05) is 41.9 Å². The molecule has 0 fully saturated rings. The molecule has 3 aromatic carbocycles. The van der Waals surface area contributed by atoms with E-state index in [2.05, 4.69) is 4.98 Å². The van der Waals surface area contributed by atoms with Crippen LogP contribution in [0, 0.1) is 0 Å². The lowest BCUT2D eigenvalue weighted by Crippen LogP contribution is -2.41. The number of aromatic hydroxyl groups is 1. The molecule has 0 aliphatic carbocycles. The van der Waals surface area contributed by atoms with Crippen molar-refractivity contribution < 1.29 is 15.0 Å². The van der Waals surface area contributed by atoms with Gasteiger partial charge in [0, 0.05) is 33.2 Å². The van der Waals surface area contributed by atoms with Gasteiger partial charge < -0.3 is 20.1 Å². The monoisotopic (exact) mass is 404 g/mol. The molecule has 0 saturated heterocycles. The van der Waals surface area contributed by atoms with Gasteiger partial charge in [-0.15, -0.1) is 0 Å². The highest BCUT2D eigenvalue weighted by molar-refractivity contribution is 6.31. The molecule has 0 saturated carbocycles. The zero-order chi connectivity index (χ0) is 20.2. The van der Waals surface area contributed by atoms with Crippen LogP contribution in [-0.2, 0) is 16.9 Å². The summed E-state index contributed by atoms with van der Waals surface area (Å²) in [6, 6.07) is 19.6. The molecule has 3 N–H and O–H groups in total. The van der Waals surface area contributed by atoms with E-state index in [4.69, 9.17) is 11.6 Å². The Balaban J connectivity index is 1.71. The number of aliphatic hydroxyl groups is 1. The standard InChI is InChI=1S/C23H17ClN2O3/c24-15-6-9-20-18(12-15)23(29,17-7-8-19-16(21(17)27)10-11-25-19)22(28)26(20)13-14-4-2-1-3-5-14/h1-12,25,27,29H,13H2/t23-/m0/s1. The van der Waals surface area contributed by atoms with Gasteiger partial charge in [-0.3, -0.25) is 4.79 Å². The number of aromatic nitrogens is 1. The molecule has 1 aliphatic heterocycles. The number of nitrogens with zero attached hydrogens (tertiary/aromatic N) is 1. The van der Waals surface area contributed by atoms with Crippen molar-refractivity contribution in [3.8, 4) is 5.75 Å². The Hall–Kier alpha value is -3.28. The molecule has 5 rings (SSSR count). The molecule has 0 radical (unpaired) electrons. The third-order valence-electron chi connectivity index (χ3n) is 5.47. The fourth-order valence-corrected chi connectivity index (χ4v) is 4.22. The molecule has 1 amide bonds. The number of benzene rings is 3. The number of hydrogen-bond acceptors (Lipinski definition) is 3. The number of carbonyl (C=O) groups is 1. The Labute approximate surface area is 171 Å². The van der Waals surface area contributed by atoms with Gasteiger partial charge in [0.25, 0.3) is 5.91 Å². The Morgan fingerprint density at radius 3 is 2.59 bits per heavy atom. The van der Waals surface area contributed by atoms with Crippen LogP contribution in [0.4, 0.5) is 5.69 Å². The lowest BCUT2D eigenvalue weighted by molar-refractivity contribution is -0.132. The van der Waals surface area contributed by atoms with Crippen molar-refractivity contribution in [1.82, 2.24) is 4.98 Å². The van der Waals surface area contributed by atoms with Gasteiger partial charge >= 0.3 is 0 Å². The highest BCUT2D eigenvalue weighted by atomic mass is 35.5. The number of halogens is 1. The molecule has 1 aliphatic rings. The molecular formula is C23H17ClN2O3. The van der Waals surface area contributed by atoms with E-state index in [1.54, 1.807) is 42.6 Å². The molecule has 0 unspecified atom stereocenters. The number of aromatic amines is 1. The largest absolute Gasteiger partial charge is 0.507 e. The molecule has 5 nitrogen and oxygen atoms in total. The third-order valence-corrected chi connectivity index (χ3v) is 5.71. The summed E-state index contributed by atoms with van der Waals surface area (Å²) in [5, 5.41) is 23.5. The summed E-state index contributed by atoms with van der Waals surface area (Å²) >= 11 is 6.20. The summed E-state index contributed by atoms with van der Waals surface area (Å²) < 4.78 is 0. The first-order chi connectivity index (χ1) is 14.0. The molecule has 6 heteroatoms. The van der Waals surface area contributed by atoms with Crippen LogP contribution in [0.3, 0.4) is 0 Å². The van der Waals surface area contributed by atoms with Crippen molar-refractivity contribution >= 4 is 34.1 Å². The number of nitrogens with one attached hydrogen (secondary N) is 1. The number of hydrogen-bond donors (Lipinski definition) is 3. The summed E-state index contributed by atoms with van der Waals surface area (Å²) in [7, 11) is 0. The molecule has 144 valence electrons. The maximum absolute atomic E-state index is 13.5. The van der Waals surface area contributed by atoms with E-state index in [0.717, 1.165) is 5.56 Å². The van der Waals surface area contributed by atoms with Gasteiger partial charge in [0.2, 0.25) is 0 Å². The van der Waals surface area contributed by atoms with Crippen LogP contribution in [0.1, 0.15) is 16.7 Å². The molecule has 1 aromatic heterocycles.